The minimum Gasteiger partial charge on any atom is -0.481 e. The van der Waals surface area contributed by atoms with Gasteiger partial charge in [0.15, 0.2) is 0 Å². The zero-order valence-electron chi connectivity index (χ0n) is 12.5. The van der Waals surface area contributed by atoms with Gasteiger partial charge in [0.05, 0.1) is 5.92 Å². The van der Waals surface area contributed by atoms with Crippen molar-refractivity contribution in [2.24, 2.45) is 11.8 Å². The van der Waals surface area contributed by atoms with E-state index in [1.807, 2.05) is 54.6 Å². The molecule has 0 saturated heterocycles. The summed E-state index contributed by atoms with van der Waals surface area (Å²) < 4.78 is 0. The molecule has 0 heterocycles. The maximum atomic E-state index is 12.2. The van der Waals surface area contributed by atoms with E-state index in [4.69, 9.17) is 11.6 Å². The van der Waals surface area contributed by atoms with Gasteiger partial charge < -0.3 is 5.11 Å². The summed E-state index contributed by atoms with van der Waals surface area (Å²) in [6, 6.07) is 17.7. The van der Waals surface area contributed by atoms with Crippen molar-refractivity contribution in [3.63, 3.8) is 0 Å². The van der Waals surface area contributed by atoms with Gasteiger partial charge in [0.1, 0.15) is 0 Å². The van der Waals surface area contributed by atoms with Crippen LogP contribution in [-0.4, -0.2) is 11.1 Å². The summed E-state index contributed by atoms with van der Waals surface area (Å²) in [6.07, 6.45) is 5.13. The molecule has 23 heavy (non-hydrogen) atoms. The lowest BCUT2D eigenvalue weighted by Crippen LogP contribution is -2.37. The highest BCUT2D eigenvalue weighted by molar-refractivity contribution is 6.30. The minimum absolute atomic E-state index is 0.0117. The molecule has 4 atom stereocenters. The summed E-state index contributed by atoms with van der Waals surface area (Å²) in [6.45, 7) is 0. The summed E-state index contributed by atoms with van der Waals surface area (Å²) in [5.74, 6) is -0.917. The molecule has 0 spiro atoms. The van der Waals surface area contributed by atoms with E-state index in [9.17, 15) is 9.90 Å². The van der Waals surface area contributed by atoms with Gasteiger partial charge in [-0.3, -0.25) is 4.79 Å². The second-order valence-electron chi connectivity index (χ2n) is 6.53. The molecule has 1 fully saturated rings. The number of allylic oxidation sites excluding steroid dienone is 2. The molecular weight excluding hydrogens is 308 g/mol. The van der Waals surface area contributed by atoms with E-state index in [-0.39, 0.29) is 11.8 Å². The quantitative estimate of drug-likeness (QED) is 0.834. The molecule has 0 aliphatic heterocycles. The zero-order chi connectivity index (χ0) is 16.0. The van der Waals surface area contributed by atoms with Crippen LogP contribution >= 0.6 is 11.6 Å². The highest BCUT2D eigenvalue weighted by atomic mass is 35.5. The molecule has 0 aromatic heterocycles. The third kappa shape index (κ3) is 2.13. The molecule has 3 heteroatoms. The molecule has 116 valence electrons. The van der Waals surface area contributed by atoms with Gasteiger partial charge in [-0.05, 0) is 35.6 Å². The zero-order valence-corrected chi connectivity index (χ0v) is 13.3. The molecule has 0 amide bonds. The Morgan fingerprint density at radius 2 is 1.91 bits per heavy atom. The van der Waals surface area contributed by atoms with E-state index in [2.05, 4.69) is 12.2 Å². The topological polar surface area (TPSA) is 37.3 Å². The van der Waals surface area contributed by atoms with Crippen LogP contribution in [0.25, 0.3) is 0 Å². The summed E-state index contributed by atoms with van der Waals surface area (Å²) in [4.78, 5) is 12.2. The Labute approximate surface area is 140 Å². The van der Waals surface area contributed by atoms with Crippen LogP contribution < -0.4 is 0 Å². The molecule has 2 nitrogen and oxygen atoms in total. The Bertz CT molecular complexity index is 783. The lowest BCUT2D eigenvalue weighted by molar-refractivity contribution is -0.143. The van der Waals surface area contributed by atoms with Gasteiger partial charge >= 0.3 is 5.97 Å². The van der Waals surface area contributed by atoms with Crippen LogP contribution in [-0.2, 0) is 10.2 Å². The molecule has 2 aliphatic carbocycles. The molecule has 2 aromatic rings. The van der Waals surface area contributed by atoms with Crippen molar-refractivity contribution in [1.82, 2.24) is 0 Å². The number of carboxylic acids is 1. The van der Waals surface area contributed by atoms with Crippen LogP contribution in [0.5, 0.6) is 0 Å². The van der Waals surface area contributed by atoms with E-state index in [1.165, 1.54) is 0 Å². The van der Waals surface area contributed by atoms with Crippen molar-refractivity contribution in [1.29, 1.82) is 0 Å². The van der Waals surface area contributed by atoms with E-state index < -0.39 is 17.3 Å². The molecule has 2 bridgehead atoms. The van der Waals surface area contributed by atoms with Gasteiger partial charge in [0.25, 0.3) is 0 Å². The number of halogens is 1. The number of carboxylic acid groups (broad SMARTS) is 1. The van der Waals surface area contributed by atoms with Crippen molar-refractivity contribution in [3.8, 4) is 0 Å². The summed E-state index contributed by atoms with van der Waals surface area (Å²) in [5.41, 5.74) is 1.66. The van der Waals surface area contributed by atoms with Crippen molar-refractivity contribution < 1.29 is 9.90 Å². The predicted octanol–water partition coefficient (Wildman–Crippen LogP) is 4.65. The first-order valence-corrected chi connectivity index (χ1v) is 8.23. The highest BCUT2D eigenvalue weighted by Crippen LogP contribution is 2.61. The Hall–Kier alpha value is -2.06. The maximum absolute atomic E-state index is 12.2. The average molecular weight is 325 g/mol. The van der Waals surface area contributed by atoms with Crippen LogP contribution in [0.15, 0.2) is 66.7 Å². The number of hydrogen-bond donors (Lipinski definition) is 1. The fourth-order valence-electron chi connectivity index (χ4n) is 4.53. The molecule has 2 aromatic carbocycles. The standard InChI is InChI=1S/C20H17ClO2/c21-16-8-4-7-15(11-16)20-10-9-14(12-20)17(18(20)19(22)23)13-5-2-1-3-6-13/h1-11,14,17-18H,12H2,(H,22,23). The Kier molecular flexibility index (Phi) is 3.31. The average Bonchev–Trinajstić information content (AvgIpc) is 3.13. The summed E-state index contributed by atoms with van der Waals surface area (Å²) in [7, 11) is 0. The smallest absolute Gasteiger partial charge is 0.308 e. The molecule has 1 N–H and O–H groups in total. The van der Waals surface area contributed by atoms with Crippen molar-refractivity contribution >= 4 is 17.6 Å². The normalized spacial score (nSPS) is 31.4. The van der Waals surface area contributed by atoms with E-state index in [0.29, 0.717) is 5.02 Å². The Morgan fingerprint density at radius 3 is 2.61 bits per heavy atom. The second kappa shape index (κ2) is 5.24. The van der Waals surface area contributed by atoms with Crippen molar-refractivity contribution in [3.05, 3.63) is 82.9 Å². The van der Waals surface area contributed by atoms with Crippen LogP contribution in [0.2, 0.25) is 5.02 Å². The van der Waals surface area contributed by atoms with Gasteiger partial charge in [0.2, 0.25) is 0 Å². The van der Waals surface area contributed by atoms with Gasteiger partial charge in [-0.25, -0.2) is 0 Å². The molecule has 2 aliphatic rings. The maximum Gasteiger partial charge on any atom is 0.308 e. The lowest BCUT2D eigenvalue weighted by Gasteiger charge is -2.34. The van der Waals surface area contributed by atoms with Crippen LogP contribution in [0.4, 0.5) is 0 Å². The number of fused-ring (bicyclic) bond motifs is 2. The summed E-state index contributed by atoms with van der Waals surface area (Å²) >= 11 is 6.16. The number of carbonyl (C=O) groups is 1. The predicted molar refractivity (Wildman–Crippen MR) is 90.7 cm³/mol. The van der Waals surface area contributed by atoms with Gasteiger partial charge in [-0.2, -0.15) is 0 Å². The first kappa shape index (κ1) is 14.5. The fraction of sp³-hybridized carbons (Fsp3) is 0.250. The first-order valence-electron chi connectivity index (χ1n) is 7.85. The molecule has 4 rings (SSSR count). The van der Waals surface area contributed by atoms with E-state index in [1.54, 1.807) is 0 Å². The first-order chi connectivity index (χ1) is 11.1. The second-order valence-corrected chi connectivity index (χ2v) is 6.97. The third-order valence-electron chi connectivity index (χ3n) is 5.40. The van der Waals surface area contributed by atoms with Crippen LogP contribution in [0.3, 0.4) is 0 Å². The summed E-state index contributed by atoms with van der Waals surface area (Å²) in [5, 5.41) is 10.6. The van der Waals surface area contributed by atoms with Gasteiger partial charge in [-0.1, -0.05) is 66.2 Å². The molecule has 1 saturated carbocycles. The molecule has 0 radical (unpaired) electrons. The monoisotopic (exact) mass is 324 g/mol. The number of benzene rings is 2. The van der Waals surface area contributed by atoms with E-state index >= 15 is 0 Å². The van der Waals surface area contributed by atoms with Gasteiger partial charge in [0, 0.05) is 16.4 Å². The number of hydrogen-bond acceptors (Lipinski definition) is 1. The third-order valence-corrected chi connectivity index (χ3v) is 5.64. The van der Waals surface area contributed by atoms with Crippen molar-refractivity contribution in [2.75, 3.05) is 0 Å². The van der Waals surface area contributed by atoms with Crippen LogP contribution in [0, 0.1) is 11.8 Å². The Balaban J connectivity index is 1.86. The fourth-order valence-corrected chi connectivity index (χ4v) is 4.72. The molecule has 4 unspecified atom stereocenters. The van der Waals surface area contributed by atoms with Crippen LogP contribution in [0.1, 0.15) is 23.5 Å². The SMILES string of the molecule is O=C(O)C1C(c2ccccc2)C2C=CC1(c1cccc(Cl)c1)C2. The van der Waals surface area contributed by atoms with Gasteiger partial charge in [-0.15, -0.1) is 0 Å². The van der Waals surface area contributed by atoms with E-state index in [0.717, 1.165) is 17.5 Å². The minimum atomic E-state index is -0.731. The number of aliphatic carboxylic acids is 1. The number of rotatable bonds is 3. The lowest BCUT2D eigenvalue weighted by atomic mass is 9.68. The Morgan fingerprint density at radius 1 is 1.13 bits per heavy atom. The van der Waals surface area contributed by atoms with Crippen molar-refractivity contribution in [2.45, 2.75) is 17.8 Å². The largest absolute Gasteiger partial charge is 0.481 e. The highest BCUT2D eigenvalue weighted by Gasteiger charge is 2.59. The molecular formula is C20H17ClO2.